The molecule has 0 aliphatic heterocycles. The van der Waals surface area contributed by atoms with Gasteiger partial charge in [0.15, 0.2) is 0 Å². The second-order valence-electron chi connectivity index (χ2n) is 4.57. The third-order valence-electron chi connectivity index (χ3n) is 3.05. The molecule has 2 aromatic rings. The van der Waals surface area contributed by atoms with Gasteiger partial charge in [0, 0.05) is 0 Å². The summed E-state index contributed by atoms with van der Waals surface area (Å²) in [6.07, 6.45) is 1.80. The van der Waals surface area contributed by atoms with Crippen LogP contribution in [0, 0.1) is 0 Å². The number of ether oxygens (including phenoxy) is 1. The Morgan fingerprint density at radius 2 is 1.70 bits per heavy atom. The van der Waals surface area contributed by atoms with Crippen LogP contribution in [0.4, 0.5) is 0 Å². The third kappa shape index (κ3) is 3.15. The number of carboxylic acids is 1. The van der Waals surface area contributed by atoms with Crippen LogP contribution in [0.2, 0.25) is 0 Å². The van der Waals surface area contributed by atoms with Crippen molar-refractivity contribution in [2.45, 2.75) is 19.8 Å². The number of hydrogen-bond donors (Lipinski definition) is 1. The van der Waals surface area contributed by atoms with E-state index in [9.17, 15) is 9.59 Å². The van der Waals surface area contributed by atoms with Crippen LogP contribution < -0.4 is 0 Å². The monoisotopic (exact) mass is 272 g/mol. The molecule has 0 bridgehead atoms. The van der Waals surface area contributed by atoms with Crippen LogP contribution in [0.1, 0.15) is 40.5 Å². The van der Waals surface area contributed by atoms with Crippen molar-refractivity contribution in [1.82, 2.24) is 0 Å². The molecule has 0 saturated heterocycles. The summed E-state index contributed by atoms with van der Waals surface area (Å²) in [4.78, 5) is 22.8. The lowest BCUT2D eigenvalue weighted by Crippen LogP contribution is -2.06. The van der Waals surface area contributed by atoms with Gasteiger partial charge in [0.1, 0.15) is 0 Å². The zero-order valence-electron chi connectivity index (χ0n) is 11.3. The Morgan fingerprint density at radius 1 is 1.05 bits per heavy atom. The Balaban J connectivity index is 2.27. The van der Waals surface area contributed by atoms with Crippen molar-refractivity contribution >= 4 is 22.7 Å². The molecule has 1 N–H and O–H groups in total. The van der Waals surface area contributed by atoms with E-state index >= 15 is 0 Å². The lowest BCUT2D eigenvalue weighted by Gasteiger charge is -2.06. The quantitative estimate of drug-likeness (QED) is 0.668. The van der Waals surface area contributed by atoms with Crippen LogP contribution >= 0.6 is 0 Å². The summed E-state index contributed by atoms with van der Waals surface area (Å²) in [5.74, 6) is -1.36. The highest BCUT2D eigenvalue weighted by molar-refractivity contribution is 5.98. The molecule has 0 amide bonds. The number of carbonyl (C=O) groups excluding carboxylic acids is 1. The lowest BCUT2D eigenvalue weighted by molar-refractivity contribution is 0.0499. The number of carbonyl (C=O) groups is 2. The van der Waals surface area contributed by atoms with Crippen LogP contribution in [-0.4, -0.2) is 23.7 Å². The Kier molecular flexibility index (Phi) is 4.35. The number of aromatic carboxylic acids is 1. The molecule has 20 heavy (non-hydrogen) atoms. The van der Waals surface area contributed by atoms with Gasteiger partial charge in [-0.2, -0.15) is 0 Å². The maximum atomic E-state index is 11.8. The van der Waals surface area contributed by atoms with E-state index in [1.54, 1.807) is 36.4 Å². The zero-order valence-corrected chi connectivity index (χ0v) is 11.3. The number of hydrogen-bond acceptors (Lipinski definition) is 3. The van der Waals surface area contributed by atoms with Crippen molar-refractivity contribution < 1.29 is 19.4 Å². The van der Waals surface area contributed by atoms with E-state index in [0.717, 1.165) is 23.6 Å². The largest absolute Gasteiger partial charge is 0.478 e. The van der Waals surface area contributed by atoms with Crippen molar-refractivity contribution in [3.8, 4) is 0 Å². The molecule has 104 valence electrons. The molecular weight excluding hydrogens is 256 g/mol. The van der Waals surface area contributed by atoms with Gasteiger partial charge < -0.3 is 9.84 Å². The van der Waals surface area contributed by atoms with Gasteiger partial charge in [-0.3, -0.25) is 0 Å². The van der Waals surface area contributed by atoms with Gasteiger partial charge in [0.25, 0.3) is 0 Å². The van der Waals surface area contributed by atoms with E-state index in [2.05, 4.69) is 0 Å². The molecular formula is C16H16O4. The van der Waals surface area contributed by atoms with Gasteiger partial charge in [-0.05, 0) is 41.5 Å². The summed E-state index contributed by atoms with van der Waals surface area (Å²) in [5, 5.41) is 10.6. The Hall–Kier alpha value is -2.36. The second kappa shape index (κ2) is 6.19. The van der Waals surface area contributed by atoms with Crippen molar-refractivity contribution in [2.75, 3.05) is 6.61 Å². The number of esters is 1. The highest BCUT2D eigenvalue weighted by Crippen LogP contribution is 2.18. The van der Waals surface area contributed by atoms with Crippen LogP contribution in [0.25, 0.3) is 10.8 Å². The van der Waals surface area contributed by atoms with Crippen LogP contribution in [-0.2, 0) is 4.74 Å². The fourth-order valence-electron chi connectivity index (χ4n) is 1.90. The highest BCUT2D eigenvalue weighted by Gasteiger charge is 2.09. The third-order valence-corrected chi connectivity index (χ3v) is 3.05. The molecule has 0 saturated carbocycles. The molecule has 0 aromatic heterocycles. The van der Waals surface area contributed by atoms with E-state index in [-0.39, 0.29) is 11.5 Å². The molecule has 0 aliphatic rings. The standard InChI is InChI=1S/C16H16O4/c1-2-3-8-20-16(19)13-7-5-11-4-6-12(15(17)18)9-14(11)10-13/h4-7,9-10H,2-3,8H2,1H3,(H,17,18). The fourth-order valence-corrected chi connectivity index (χ4v) is 1.90. The predicted molar refractivity (Wildman–Crippen MR) is 76.1 cm³/mol. The molecule has 0 unspecified atom stereocenters. The summed E-state index contributed by atoms with van der Waals surface area (Å²) in [5.41, 5.74) is 0.644. The summed E-state index contributed by atoms with van der Waals surface area (Å²) < 4.78 is 5.14. The summed E-state index contributed by atoms with van der Waals surface area (Å²) >= 11 is 0. The first-order valence-corrected chi connectivity index (χ1v) is 6.56. The Labute approximate surface area is 117 Å². The molecule has 0 heterocycles. The van der Waals surface area contributed by atoms with Crippen molar-refractivity contribution in [3.05, 3.63) is 47.5 Å². The maximum Gasteiger partial charge on any atom is 0.338 e. The lowest BCUT2D eigenvalue weighted by atomic mass is 10.0. The number of benzene rings is 2. The van der Waals surface area contributed by atoms with E-state index in [4.69, 9.17) is 9.84 Å². The molecule has 0 atom stereocenters. The predicted octanol–water partition coefficient (Wildman–Crippen LogP) is 3.49. The Bertz CT molecular complexity index is 646. The van der Waals surface area contributed by atoms with E-state index < -0.39 is 5.97 Å². The van der Waals surface area contributed by atoms with Crippen molar-refractivity contribution in [3.63, 3.8) is 0 Å². The fraction of sp³-hybridized carbons (Fsp3) is 0.250. The zero-order chi connectivity index (χ0) is 14.5. The minimum absolute atomic E-state index is 0.203. The topological polar surface area (TPSA) is 63.6 Å². The van der Waals surface area contributed by atoms with Gasteiger partial charge in [-0.25, -0.2) is 9.59 Å². The van der Waals surface area contributed by atoms with E-state index in [1.807, 2.05) is 6.92 Å². The summed E-state index contributed by atoms with van der Waals surface area (Å²) in [7, 11) is 0. The van der Waals surface area contributed by atoms with Gasteiger partial charge in [0.05, 0.1) is 17.7 Å². The first-order chi connectivity index (χ1) is 9.61. The van der Waals surface area contributed by atoms with Crippen LogP contribution in [0.15, 0.2) is 36.4 Å². The summed E-state index contributed by atoms with van der Waals surface area (Å²) in [6.45, 7) is 2.43. The molecule has 2 rings (SSSR count). The Morgan fingerprint density at radius 3 is 2.35 bits per heavy atom. The van der Waals surface area contributed by atoms with Gasteiger partial charge in [0.2, 0.25) is 0 Å². The van der Waals surface area contributed by atoms with Crippen molar-refractivity contribution in [1.29, 1.82) is 0 Å². The minimum atomic E-state index is -0.983. The molecule has 4 heteroatoms. The van der Waals surface area contributed by atoms with E-state index in [1.165, 1.54) is 0 Å². The minimum Gasteiger partial charge on any atom is -0.478 e. The van der Waals surface area contributed by atoms with Gasteiger partial charge in [-0.1, -0.05) is 25.5 Å². The molecule has 4 nitrogen and oxygen atoms in total. The number of fused-ring (bicyclic) bond motifs is 1. The first-order valence-electron chi connectivity index (χ1n) is 6.56. The average molecular weight is 272 g/mol. The van der Waals surface area contributed by atoms with Gasteiger partial charge >= 0.3 is 11.9 Å². The highest BCUT2D eigenvalue weighted by atomic mass is 16.5. The van der Waals surface area contributed by atoms with E-state index in [0.29, 0.717) is 12.2 Å². The number of unbranched alkanes of at least 4 members (excludes halogenated alkanes) is 1. The maximum absolute atomic E-state index is 11.8. The second-order valence-corrected chi connectivity index (χ2v) is 4.57. The van der Waals surface area contributed by atoms with Crippen LogP contribution in [0.5, 0.6) is 0 Å². The molecule has 0 fully saturated rings. The smallest absolute Gasteiger partial charge is 0.338 e. The van der Waals surface area contributed by atoms with Crippen LogP contribution in [0.3, 0.4) is 0 Å². The SMILES string of the molecule is CCCCOC(=O)c1ccc2ccc(C(=O)O)cc2c1. The molecule has 0 spiro atoms. The molecule has 2 aromatic carbocycles. The van der Waals surface area contributed by atoms with Crippen molar-refractivity contribution in [2.24, 2.45) is 0 Å². The molecule has 0 aliphatic carbocycles. The molecule has 0 radical (unpaired) electrons. The van der Waals surface area contributed by atoms with Gasteiger partial charge in [-0.15, -0.1) is 0 Å². The number of rotatable bonds is 5. The summed E-state index contributed by atoms with van der Waals surface area (Å²) in [6, 6.07) is 9.97. The first kappa shape index (κ1) is 14.1. The number of carboxylic acid groups (broad SMARTS) is 1. The average Bonchev–Trinajstić information content (AvgIpc) is 2.46. The normalized spacial score (nSPS) is 10.4.